The Kier molecular flexibility index (Phi) is 8.00. The molecule has 0 heterocycles. The molecule has 0 aliphatic rings. The number of nitrogens with zero attached hydrogens (tertiary/aromatic N) is 1. The van der Waals surface area contributed by atoms with Crippen molar-refractivity contribution in [1.82, 2.24) is 10.2 Å². The number of hydrogen-bond acceptors (Lipinski definition) is 4. The molecule has 0 radical (unpaired) electrons. The lowest BCUT2D eigenvalue weighted by atomic mass is 10.0. The van der Waals surface area contributed by atoms with Crippen LogP contribution in [-0.2, 0) is 9.59 Å². The van der Waals surface area contributed by atoms with E-state index in [9.17, 15) is 9.59 Å². The summed E-state index contributed by atoms with van der Waals surface area (Å²) >= 11 is 0. The summed E-state index contributed by atoms with van der Waals surface area (Å²) in [6, 6.07) is 25.3. The van der Waals surface area contributed by atoms with Crippen LogP contribution in [-0.4, -0.2) is 44.0 Å². The predicted octanol–water partition coefficient (Wildman–Crippen LogP) is 4.11. The Labute approximate surface area is 189 Å². The van der Waals surface area contributed by atoms with Gasteiger partial charge in [0.15, 0.2) is 0 Å². The largest absolute Gasteiger partial charge is 0.497 e. The van der Waals surface area contributed by atoms with Gasteiger partial charge in [0, 0.05) is 5.69 Å². The highest BCUT2D eigenvalue weighted by Gasteiger charge is 2.14. The second-order valence-corrected chi connectivity index (χ2v) is 7.73. The molecule has 6 nitrogen and oxygen atoms in total. The number of rotatable bonds is 9. The molecule has 0 aliphatic heterocycles. The average molecular weight is 432 g/mol. The van der Waals surface area contributed by atoms with Crippen molar-refractivity contribution < 1.29 is 14.3 Å². The molecule has 166 valence electrons. The summed E-state index contributed by atoms with van der Waals surface area (Å²) in [4.78, 5) is 26.4. The Hall–Kier alpha value is -3.64. The fourth-order valence-electron chi connectivity index (χ4n) is 3.39. The van der Waals surface area contributed by atoms with Crippen LogP contribution >= 0.6 is 0 Å². The molecule has 0 saturated carbocycles. The van der Waals surface area contributed by atoms with E-state index < -0.39 is 0 Å². The van der Waals surface area contributed by atoms with Crippen molar-refractivity contribution in [1.29, 1.82) is 0 Å². The molecular weight excluding hydrogens is 402 g/mol. The van der Waals surface area contributed by atoms with E-state index in [1.807, 2.05) is 37.3 Å². The van der Waals surface area contributed by atoms with Crippen molar-refractivity contribution in [2.24, 2.45) is 0 Å². The van der Waals surface area contributed by atoms with Gasteiger partial charge in [-0.2, -0.15) is 0 Å². The summed E-state index contributed by atoms with van der Waals surface area (Å²) < 4.78 is 5.11. The first-order valence-electron chi connectivity index (χ1n) is 10.5. The normalized spacial score (nSPS) is 11.6. The van der Waals surface area contributed by atoms with Crippen molar-refractivity contribution in [3.05, 3.63) is 84.4 Å². The van der Waals surface area contributed by atoms with Gasteiger partial charge in [-0.15, -0.1) is 0 Å². The molecule has 0 fully saturated rings. The van der Waals surface area contributed by atoms with Crippen LogP contribution in [0.1, 0.15) is 18.5 Å². The molecule has 32 heavy (non-hydrogen) atoms. The van der Waals surface area contributed by atoms with Gasteiger partial charge in [0.05, 0.1) is 26.2 Å². The number of anilines is 1. The number of hydrogen-bond donors (Lipinski definition) is 2. The van der Waals surface area contributed by atoms with Crippen molar-refractivity contribution in [3.63, 3.8) is 0 Å². The second kappa shape index (κ2) is 11.1. The predicted molar refractivity (Wildman–Crippen MR) is 128 cm³/mol. The van der Waals surface area contributed by atoms with E-state index in [2.05, 4.69) is 34.9 Å². The van der Waals surface area contributed by atoms with E-state index in [1.165, 1.54) is 0 Å². The van der Waals surface area contributed by atoms with Crippen molar-refractivity contribution in [3.8, 4) is 16.9 Å². The van der Waals surface area contributed by atoms with Crippen LogP contribution in [0, 0.1) is 0 Å². The second-order valence-electron chi connectivity index (χ2n) is 7.73. The standard InChI is InChI=1S/C26H29N3O3/c1-19(20-9-11-22(12-10-20)21-7-5-4-6-8-21)27-25(30)17-29(2)18-26(31)28-23-13-15-24(32-3)16-14-23/h4-16,19H,17-18H2,1-3H3,(H,27,30)(H,28,31)/t19-/m1/s1. The molecule has 3 rings (SSSR count). The first kappa shape index (κ1) is 23.0. The minimum atomic E-state index is -0.185. The minimum absolute atomic E-state index is 0.111. The number of benzene rings is 3. The highest BCUT2D eigenvalue weighted by atomic mass is 16.5. The van der Waals surface area contributed by atoms with Gasteiger partial charge in [0.25, 0.3) is 0 Å². The summed E-state index contributed by atoms with van der Waals surface area (Å²) in [6.07, 6.45) is 0. The molecule has 2 N–H and O–H groups in total. The lowest BCUT2D eigenvalue weighted by Gasteiger charge is -2.19. The Morgan fingerprint density at radius 1 is 0.844 bits per heavy atom. The molecule has 0 bridgehead atoms. The Bertz CT molecular complexity index is 1020. The lowest BCUT2D eigenvalue weighted by Crippen LogP contribution is -2.39. The minimum Gasteiger partial charge on any atom is -0.497 e. The van der Waals surface area contributed by atoms with Crippen LogP contribution in [0.5, 0.6) is 5.75 Å². The SMILES string of the molecule is COc1ccc(NC(=O)CN(C)CC(=O)N[C@H](C)c2ccc(-c3ccccc3)cc2)cc1. The average Bonchev–Trinajstić information content (AvgIpc) is 2.80. The first-order chi connectivity index (χ1) is 15.4. The van der Waals surface area contributed by atoms with Crippen LogP contribution in [0.4, 0.5) is 5.69 Å². The molecule has 0 spiro atoms. The van der Waals surface area contributed by atoms with E-state index >= 15 is 0 Å². The first-order valence-corrected chi connectivity index (χ1v) is 10.5. The number of carbonyl (C=O) groups is 2. The summed E-state index contributed by atoms with van der Waals surface area (Å²) in [5.74, 6) is 0.403. The zero-order chi connectivity index (χ0) is 22.9. The number of nitrogens with one attached hydrogen (secondary N) is 2. The monoisotopic (exact) mass is 431 g/mol. The van der Waals surface area contributed by atoms with Gasteiger partial charge in [-0.1, -0.05) is 54.6 Å². The Balaban J connectivity index is 1.46. The molecular formula is C26H29N3O3. The number of methoxy groups -OCH3 is 1. The highest BCUT2D eigenvalue weighted by molar-refractivity contribution is 5.92. The van der Waals surface area contributed by atoms with Crippen LogP contribution in [0.3, 0.4) is 0 Å². The van der Waals surface area contributed by atoms with Crippen molar-refractivity contribution in [2.45, 2.75) is 13.0 Å². The molecule has 0 aliphatic carbocycles. The molecule has 0 aromatic heterocycles. The van der Waals surface area contributed by atoms with Crippen molar-refractivity contribution >= 4 is 17.5 Å². The van der Waals surface area contributed by atoms with Gasteiger partial charge >= 0.3 is 0 Å². The fraction of sp³-hybridized carbons (Fsp3) is 0.231. The zero-order valence-corrected chi connectivity index (χ0v) is 18.7. The van der Waals surface area contributed by atoms with Crippen LogP contribution in [0.15, 0.2) is 78.9 Å². The van der Waals surface area contributed by atoms with Gasteiger partial charge in [-0.3, -0.25) is 14.5 Å². The summed E-state index contributed by atoms with van der Waals surface area (Å²) in [7, 11) is 3.33. The van der Waals surface area contributed by atoms with E-state index in [-0.39, 0.29) is 30.9 Å². The highest BCUT2D eigenvalue weighted by Crippen LogP contribution is 2.21. The molecule has 6 heteroatoms. The van der Waals surface area contributed by atoms with Crippen LogP contribution < -0.4 is 15.4 Å². The molecule has 1 atom stereocenters. The number of carbonyl (C=O) groups excluding carboxylic acids is 2. The summed E-state index contributed by atoms with van der Waals surface area (Å²) in [5.41, 5.74) is 4.00. The maximum Gasteiger partial charge on any atom is 0.238 e. The van der Waals surface area contributed by atoms with Gasteiger partial charge in [0.1, 0.15) is 5.75 Å². The molecule has 0 unspecified atom stereocenters. The third-order valence-electron chi connectivity index (χ3n) is 5.10. The molecule has 0 saturated heterocycles. The van der Waals surface area contributed by atoms with Crippen LogP contribution in [0.2, 0.25) is 0 Å². The van der Waals surface area contributed by atoms with E-state index in [1.54, 1.807) is 43.3 Å². The smallest absolute Gasteiger partial charge is 0.238 e. The molecule has 3 aromatic rings. The topological polar surface area (TPSA) is 70.7 Å². The van der Waals surface area contributed by atoms with Gasteiger partial charge in [-0.05, 0) is 54.9 Å². The zero-order valence-electron chi connectivity index (χ0n) is 18.7. The maximum absolute atomic E-state index is 12.4. The Morgan fingerprint density at radius 2 is 1.44 bits per heavy atom. The Morgan fingerprint density at radius 3 is 2.06 bits per heavy atom. The summed E-state index contributed by atoms with van der Waals surface area (Å²) in [6.45, 7) is 2.19. The van der Waals surface area contributed by atoms with E-state index in [0.717, 1.165) is 22.4 Å². The third-order valence-corrected chi connectivity index (χ3v) is 5.10. The number of amides is 2. The maximum atomic E-state index is 12.4. The lowest BCUT2D eigenvalue weighted by molar-refractivity contribution is -0.123. The third kappa shape index (κ3) is 6.68. The number of likely N-dealkylation sites (N-methyl/N-ethyl adjacent to an activating group) is 1. The number of ether oxygens (including phenoxy) is 1. The fourth-order valence-corrected chi connectivity index (χ4v) is 3.39. The molecule has 2 amide bonds. The van der Waals surface area contributed by atoms with E-state index in [4.69, 9.17) is 4.74 Å². The van der Waals surface area contributed by atoms with Gasteiger partial charge in [0.2, 0.25) is 11.8 Å². The van der Waals surface area contributed by atoms with Gasteiger partial charge < -0.3 is 15.4 Å². The molecule has 3 aromatic carbocycles. The summed E-state index contributed by atoms with van der Waals surface area (Å²) in [5, 5.41) is 5.81. The quantitative estimate of drug-likeness (QED) is 0.535. The van der Waals surface area contributed by atoms with E-state index in [0.29, 0.717) is 5.69 Å². The van der Waals surface area contributed by atoms with Crippen LogP contribution in [0.25, 0.3) is 11.1 Å². The van der Waals surface area contributed by atoms with Crippen molar-refractivity contribution in [2.75, 3.05) is 32.6 Å². The van der Waals surface area contributed by atoms with Gasteiger partial charge in [-0.25, -0.2) is 0 Å².